The van der Waals surface area contributed by atoms with Gasteiger partial charge in [-0.3, -0.25) is 0 Å². The van der Waals surface area contributed by atoms with Crippen LogP contribution in [0.2, 0.25) is 5.02 Å². The third-order valence-corrected chi connectivity index (χ3v) is 4.33. The number of hydrogen-bond acceptors (Lipinski definition) is 0. The van der Waals surface area contributed by atoms with Crippen LogP contribution in [-0.4, -0.2) is 4.83 Å². The maximum absolute atomic E-state index is 5.88. The smallest absolute Gasteiger partial charge is 0.0406 e. The highest BCUT2D eigenvalue weighted by Gasteiger charge is 2.23. The molecule has 1 aliphatic carbocycles. The zero-order chi connectivity index (χ0) is 9.97. The standard InChI is InChI=1S/C12H14BrCl/c13-12-4-2-1-3-11(12)9-5-7-10(14)8-6-9/h5-8,11-12H,1-4H2. The third kappa shape index (κ3) is 2.32. The Bertz CT molecular complexity index is 294. The maximum Gasteiger partial charge on any atom is 0.0406 e. The topological polar surface area (TPSA) is 0 Å². The summed E-state index contributed by atoms with van der Waals surface area (Å²) in [5, 5.41) is 0.829. The van der Waals surface area contributed by atoms with Gasteiger partial charge in [-0.1, -0.05) is 52.5 Å². The summed E-state index contributed by atoms with van der Waals surface area (Å²) in [5.74, 6) is 0.681. The molecule has 0 radical (unpaired) electrons. The highest BCUT2D eigenvalue weighted by molar-refractivity contribution is 9.09. The van der Waals surface area contributed by atoms with Crippen molar-refractivity contribution in [3.8, 4) is 0 Å². The predicted octanol–water partition coefficient (Wildman–Crippen LogP) is 4.76. The van der Waals surface area contributed by atoms with E-state index in [1.165, 1.54) is 31.2 Å². The molecule has 1 aromatic carbocycles. The van der Waals surface area contributed by atoms with Crippen LogP contribution in [-0.2, 0) is 0 Å². The van der Waals surface area contributed by atoms with Crippen molar-refractivity contribution in [1.29, 1.82) is 0 Å². The molecule has 2 atom stereocenters. The molecule has 0 saturated heterocycles. The van der Waals surface area contributed by atoms with E-state index in [9.17, 15) is 0 Å². The molecule has 1 fully saturated rings. The number of alkyl halides is 1. The molecule has 2 rings (SSSR count). The van der Waals surface area contributed by atoms with E-state index < -0.39 is 0 Å². The normalized spacial score (nSPS) is 27.6. The number of halogens is 2. The Hall–Kier alpha value is -0.0100. The van der Waals surface area contributed by atoms with Crippen molar-refractivity contribution < 1.29 is 0 Å². The van der Waals surface area contributed by atoms with E-state index >= 15 is 0 Å². The van der Waals surface area contributed by atoms with Crippen molar-refractivity contribution in [2.45, 2.75) is 36.4 Å². The average Bonchev–Trinajstić information content (AvgIpc) is 2.20. The summed E-state index contributed by atoms with van der Waals surface area (Å²) in [6.07, 6.45) is 5.32. The van der Waals surface area contributed by atoms with Gasteiger partial charge in [0.05, 0.1) is 0 Å². The van der Waals surface area contributed by atoms with Crippen LogP contribution in [0.15, 0.2) is 24.3 Å². The molecular formula is C12H14BrCl. The monoisotopic (exact) mass is 272 g/mol. The molecule has 0 aliphatic heterocycles. The van der Waals surface area contributed by atoms with Crippen molar-refractivity contribution >= 4 is 27.5 Å². The molecule has 76 valence electrons. The molecule has 1 saturated carbocycles. The summed E-state index contributed by atoms with van der Waals surface area (Å²) in [5.41, 5.74) is 1.43. The van der Waals surface area contributed by atoms with Crippen LogP contribution in [0.1, 0.15) is 37.2 Å². The quantitative estimate of drug-likeness (QED) is 0.647. The lowest BCUT2D eigenvalue weighted by molar-refractivity contribution is 0.461. The Morgan fingerprint density at radius 3 is 2.36 bits per heavy atom. The molecule has 0 nitrogen and oxygen atoms in total. The third-order valence-electron chi connectivity index (χ3n) is 2.98. The van der Waals surface area contributed by atoms with E-state index in [-0.39, 0.29) is 0 Å². The fourth-order valence-electron chi connectivity index (χ4n) is 2.17. The van der Waals surface area contributed by atoms with E-state index in [4.69, 9.17) is 11.6 Å². The van der Waals surface area contributed by atoms with E-state index in [1.807, 2.05) is 12.1 Å². The number of rotatable bonds is 1. The van der Waals surface area contributed by atoms with Crippen LogP contribution in [0.3, 0.4) is 0 Å². The van der Waals surface area contributed by atoms with Crippen LogP contribution in [0.4, 0.5) is 0 Å². The number of hydrogen-bond donors (Lipinski definition) is 0. The van der Waals surface area contributed by atoms with Crippen molar-refractivity contribution in [1.82, 2.24) is 0 Å². The van der Waals surface area contributed by atoms with E-state index in [1.54, 1.807) is 0 Å². The van der Waals surface area contributed by atoms with Crippen molar-refractivity contribution in [3.05, 3.63) is 34.9 Å². The predicted molar refractivity (Wildman–Crippen MR) is 65.4 cm³/mol. The lowest BCUT2D eigenvalue weighted by Gasteiger charge is -2.27. The van der Waals surface area contributed by atoms with Gasteiger partial charge in [0.1, 0.15) is 0 Å². The molecule has 2 heteroatoms. The summed E-state index contributed by atoms with van der Waals surface area (Å²) in [6, 6.07) is 8.30. The van der Waals surface area contributed by atoms with Crippen LogP contribution in [0, 0.1) is 0 Å². The average molecular weight is 274 g/mol. The summed E-state index contributed by atoms with van der Waals surface area (Å²) in [7, 11) is 0. The first-order valence-corrected chi connectivity index (χ1v) is 6.46. The minimum absolute atomic E-state index is 0.650. The van der Waals surface area contributed by atoms with Gasteiger partial charge in [-0.2, -0.15) is 0 Å². The van der Waals surface area contributed by atoms with Gasteiger partial charge in [-0.15, -0.1) is 0 Å². The van der Waals surface area contributed by atoms with Gasteiger partial charge < -0.3 is 0 Å². The molecule has 1 aromatic rings. The van der Waals surface area contributed by atoms with Crippen molar-refractivity contribution in [2.75, 3.05) is 0 Å². The van der Waals surface area contributed by atoms with Gasteiger partial charge in [0.2, 0.25) is 0 Å². The van der Waals surface area contributed by atoms with Gasteiger partial charge in [0.15, 0.2) is 0 Å². The van der Waals surface area contributed by atoms with Gasteiger partial charge in [0, 0.05) is 9.85 Å². The van der Waals surface area contributed by atoms with Crippen LogP contribution < -0.4 is 0 Å². The number of benzene rings is 1. The van der Waals surface area contributed by atoms with Gasteiger partial charge in [-0.25, -0.2) is 0 Å². The second kappa shape index (κ2) is 4.67. The van der Waals surface area contributed by atoms with Crippen LogP contribution >= 0.6 is 27.5 Å². The summed E-state index contributed by atoms with van der Waals surface area (Å²) in [6.45, 7) is 0. The Morgan fingerprint density at radius 1 is 1.07 bits per heavy atom. The second-order valence-corrected chi connectivity index (χ2v) is 5.57. The lowest BCUT2D eigenvalue weighted by atomic mass is 9.84. The minimum Gasteiger partial charge on any atom is -0.0884 e. The molecule has 0 N–H and O–H groups in total. The first-order valence-electron chi connectivity index (χ1n) is 5.17. The Kier molecular flexibility index (Phi) is 3.51. The molecule has 0 aromatic heterocycles. The first-order chi connectivity index (χ1) is 6.77. The molecule has 0 heterocycles. The summed E-state index contributed by atoms with van der Waals surface area (Å²) >= 11 is 9.65. The Labute approximate surface area is 98.8 Å². The molecule has 0 amide bonds. The zero-order valence-corrected chi connectivity index (χ0v) is 10.4. The fraction of sp³-hybridized carbons (Fsp3) is 0.500. The van der Waals surface area contributed by atoms with Gasteiger partial charge in [-0.05, 0) is 36.5 Å². The van der Waals surface area contributed by atoms with E-state index in [2.05, 4.69) is 28.1 Å². The van der Waals surface area contributed by atoms with Crippen LogP contribution in [0.25, 0.3) is 0 Å². The zero-order valence-electron chi connectivity index (χ0n) is 8.05. The maximum atomic E-state index is 5.88. The first kappa shape index (κ1) is 10.5. The van der Waals surface area contributed by atoms with E-state index in [0.29, 0.717) is 10.7 Å². The Morgan fingerprint density at radius 2 is 1.71 bits per heavy atom. The Balaban J connectivity index is 2.16. The minimum atomic E-state index is 0.650. The highest BCUT2D eigenvalue weighted by atomic mass is 79.9. The van der Waals surface area contributed by atoms with Crippen LogP contribution in [0.5, 0.6) is 0 Å². The molecule has 1 aliphatic rings. The highest BCUT2D eigenvalue weighted by Crippen LogP contribution is 2.37. The second-order valence-electron chi connectivity index (χ2n) is 3.96. The molecule has 14 heavy (non-hydrogen) atoms. The SMILES string of the molecule is Clc1ccc(C2CCCCC2Br)cc1. The van der Waals surface area contributed by atoms with Crippen molar-refractivity contribution in [3.63, 3.8) is 0 Å². The van der Waals surface area contributed by atoms with Crippen molar-refractivity contribution in [2.24, 2.45) is 0 Å². The molecule has 2 unspecified atom stereocenters. The lowest BCUT2D eigenvalue weighted by Crippen LogP contribution is -2.16. The molecule has 0 bridgehead atoms. The fourth-order valence-corrected chi connectivity index (χ4v) is 3.19. The van der Waals surface area contributed by atoms with Gasteiger partial charge >= 0.3 is 0 Å². The summed E-state index contributed by atoms with van der Waals surface area (Å²) < 4.78 is 0. The summed E-state index contributed by atoms with van der Waals surface area (Å²) in [4.78, 5) is 0.650. The largest absolute Gasteiger partial charge is 0.0884 e. The van der Waals surface area contributed by atoms with E-state index in [0.717, 1.165) is 5.02 Å². The molecule has 0 spiro atoms. The molecular weight excluding hydrogens is 259 g/mol. The van der Waals surface area contributed by atoms with Gasteiger partial charge in [0.25, 0.3) is 0 Å².